The zero-order valence-electron chi connectivity index (χ0n) is 11.0. The number of amides is 1. The maximum absolute atomic E-state index is 12.6. The minimum absolute atomic E-state index is 0.0729. The molecule has 0 saturated carbocycles. The molecule has 1 aromatic carbocycles. The van der Waals surface area contributed by atoms with Gasteiger partial charge in [-0.1, -0.05) is 6.07 Å². The van der Waals surface area contributed by atoms with Crippen molar-refractivity contribution in [1.29, 1.82) is 0 Å². The molecule has 100 valence electrons. The molecule has 2 aromatic rings. The Morgan fingerprint density at radius 1 is 1.26 bits per heavy atom. The maximum Gasteiger partial charge on any atom is 0.254 e. The summed E-state index contributed by atoms with van der Waals surface area (Å²) in [5.74, 6) is 0.0729. The van der Waals surface area contributed by atoms with E-state index in [0.717, 1.165) is 16.5 Å². The molecule has 19 heavy (non-hydrogen) atoms. The first-order valence-electron chi connectivity index (χ1n) is 6.68. The van der Waals surface area contributed by atoms with Gasteiger partial charge in [-0.05, 0) is 31.0 Å². The molecule has 2 heterocycles. The number of aromatic nitrogens is 1. The van der Waals surface area contributed by atoms with Crippen LogP contribution in [0.4, 0.5) is 0 Å². The van der Waals surface area contributed by atoms with Gasteiger partial charge < -0.3 is 14.6 Å². The Morgan fingerprint density at radius 3 is 2.74 bits per heavy atom. The van der Waals surface area contributed by atoms with Crippen molar-refractivity contribution in [3.8, 4) is 0 Å². The zero-order valence-corrected chi connectivity index (χ0v) is 11.0. The first kappa shape index (κ1) is 12.2. The Bertz CT molecular complexity index is 610. The molecule has 0 bridgehead atoms. The fraction of sp³-hybridized carbons (Fsp3) is 0.400. The zero-order chi connectivity index (χ0) is 13.4. The van der Waals surface area contributed by atoms with Crippen molar-refractivity contribution in [1.82, 2.24) is 9.47 Å². The molecule has 1 saturated heterocycles. The number of benzene rings is 1. The number of aliphatic hydroxyl groups excluding tert-OH is 1. The summed E-state index contributed by atoms with van der Waals surface area (Å²) < 4.78 is 2.02. The number of hydrogen-bond acceptors (Lipinski definition) is 2. The van der Waals surface area contributed by atoms with Gasteiger partial charge in [0.05, 0.1) is 6.10 Å². The van der Waals surface area contributed by atoms with E-state index in [4.69, 9.17) is 0 Å². The van der Waals surface area contributed by atoms with Crippen molar-refractivity contribution in [2.45, 2.75) is 18.9 Å². The molecule has 0 radical (unpaired) electrons. The molecule has 1 N–H and O–H groups in total. The van der Waals surface area contributed by atoms with Crippen molar-refractivity contribution in [2.75, 3.05) is 13.1 Å². The largest absolute Gasteiger partial charge is 0.393 e. The maximum atomic E-state index is 12.6. The number of nitrogens with zero attached hydrogens (tertiary/aromatic N) is 2. The van der Waals surface area contributed by atoms with E-state index in [1.807, 2.05) is 47.0 Å². The molecular formula is C15H18N2O2. The summed E-state index contributed by atoms with van der Waals surface area (Å²) in [6.07, 6.45) is 3.07. The van der Waals surface area contributed by atoms with E-state index in [0.29, 0.717) is 25.9 Å². The van der Waals surface area contributed by atoms with Gasteiger partial charge in [0.15, 0.2) is 0 Å². The smallest absolute Gasteiger partial charge is 0.254 e. The van der Waals surface area contributed by atoms with Crippen molar-refractivity contribution < 1.29 is 9.90 Å². The quantitative estimate of drug-likeness (QED) is 0.847. The van der Waals surface area contributed by atoms with Gasteiger partial charge in [-0.15, -0.1) is 0 Å². The summed E-state index contributed by atoms with van der Waals surface area (Å²) in [5.41, 5.74) is 1.83. The number of piperidine rings is 1. The summed E-state index contributed by atoms with van der Waals surface area (Å²) in [4.78, 5) is 14.4. The second kappa shape index (κ2) is 4.70. The minimum atomic E-state index is -0.253. The van der Waals surface area contributed by atoms with Crippen LogP contribution in [0.1, 0.15) is 23.2 Å². The third kappa shape index (κ3) is 2.12. The SMILES string of the molecule is Cn1ccc2c(C(=O)N3CCC(O)CC3)cccc21. The van der Waals surface area contributed by atoms with Gasteiger partial charge in [0.1, 0.15) is 0 Å². The number of carbonyl (C=O) groups excluding carboxylic acids is 1. The highest BCUT2D eigenvalue weighted by atomic mass is 16.3. The standard InChI is InChI=1S/C15H18N2O2/c1-16-8-7-12-13(3-2-4-14(12)16)15(19)17-9-5-11(18)6-10-17/h2-4,7-8,11,18H,5-6,9-10H2,1H3. The number of aryl methyl sites for hydroxylation is 1. The van der Waals surface area contributed by atoms with Crippen LogP contribution < -0.4 is 0 Å². The van der Waals surface area contributed by atoms with Gasteiger partial charge >= 0.3 is 0 Å². The molecule has 1 aromatic heterocycles. The average Bonchev–Trinajstić information content (AvgIpc) is 2.81. The first-order valence-corrected chi connectivity index (χ1v) is 6.68. The molecular weight excluding hydrogens is 240 g/mol. The van der Waals surface area contributed by atoms with Crippen LogP contribution in [0.3, 0.4) is 0 Å². The molecule has 4 nitrogen and oxygen atoms in total. The molecule has 0 aliphatic carbocycles. The fourth-order valence-electron chi connectivity index (χ4n) is 2.73. The van der Waals surface area contributed by atoms with Gasteiger partial charge in [-0.25, -0.2) is 0 Å². The number of rotatable bonds is 1. The van der Waals surface area contributed by atoms with E-state index >= 15 is 0 Å². The Kier molecular flexibility index (Phi) is 3.03. The fourth-order valence-corrected chi connectivity index (χ4v) is 2.73. The number of fused-ring (bicyclic) bond motifs is 1. The third-order valence-electron chi connectivity index (χ3n) is 3.91. The van der Waals surface area contributed by atoms with Crippen LogP contribution in [0.15, 0.2) is 30.5 Å². The molecule has 4 heteroatoms. The van der Waals surface area contributed by atoms with Gasteiger partial charge in [0.25, 0.3) is 5.91 Å². The first-order chi connectivity index (χ1) is 9.16. The summed E-state index contributed by atoms with van der Waals surface area (Å²) in [5, 5.41) is 10.5. The van der Waals surface area contributed by atoms with E-state index < -0.39 is 0 Å². The Labute approximate surface area is 112 Å². The lowest BCUT2D eigenvalue weighted by molar-refractivity contribution is 0.0548. The van der Waals surface area contributed by atoms with Gasteiger partial charge in [0, 0.05) is 42.8 Å². The predicted octanol–water partition coefficient (Wildman–Crippen LogP) is 1.78. The molecule has 0 unspecified atom stereocenters. The highest BCUT2D eigenvalue weighted by Crippen LogP contribution is 2.22. The topological polar surface area (TPSA) is 45.5 Å². The summed E-state index contributed by atoms with van der Waals surface area (Å²) in [6, 6.07) is 7.82. The lowest BCUT2D eigenvalue weighted by Crippen LogP contribution is -2.40. The molecule has 0 atom stereocenters. The monoisotopic (exact) mass is 258 g/mol. The summed E-state index contributed by atoms with van der Waals surface area (Å²) in [7, 11) is 1.98. The molecule has 0 spiro atoms. The molecule has 1 amide bonds. The lowest BCUT2D eigenvalue weighted by Gasteiger charge is -2.29. The number of likely N-dealkylation sites (tertiary alicyclic amines) is 1. The summed E-state index contributed by atoms with van der Waals surface area (Å²) >= 11 is 0. The van der Waals surface area contributed by atoms with Gasteiger partial charge in [-0.2, -0.15) is 0 Å². The molecule has 1 fully saturated rings. The Hall–Kier alpha value is -1.81. The van der Waals surface area contributed by atoms with E-state index in [-0.39, 0.29) is 12.0 Å². The van der Waals surface area contributed by atoms with E-state index in [1.54, 1.807) is 0 Å². The van der Waals surface area contributed by atoms with Crippen LogP contribution in [0.25, 0.3) is 10.9 Å². The van der Waals surface area contributed by atoms with Crippen LogP contribution in [0, 0.1) is 0 Å². The van der Waals surface area contributed by atoms with Crippen molar-refractivity contribution in [3.05, 3.63) is 36.0 Å². The van der Waals surface area contributed by atoms with Crippen LogP contribution in [0.2, 0.25) is 0 Å². The van der Waals surface area contributed by atoms with Crippen LogP contribution in [0.5, 0.6) is 0 Å². The van der Waals surface area contributed by atoms with Crippen molar-refractivity contribution in [2.24, 2.45) is 7.05 Å². The molecule has 3 rings (SSSR count). The predicted molar refractivity (Wildman–Crippen MR) is 74.1 cm³/mol. The van der Waals surface area contributed by atoms with Crippen LogP contribution >= 0.6 is 0 Å². The minimum Gasteiger partial charge on any atom is -0.393 e. The highest BCUT2D eigenvalue weighted by Gasteiger charge is 2.23. The number of aliphatic hydroxyl groups is 1. The van der Waals surface area contributed by atoms with Crippen molar-refractivity contribution in [3.63, 3.8) is 0 Å². The third-order valence-corrected chi connectivity index (χ3v) is 3.91. The second-order valence-electron chi connectivity index (χ2n) is 5.19. The van der Waals surface area contributed by atoms with Crippen LogP contribution in [-0.4, -0.2) is 39.7 Å². The summed E-state index contributed by atoms with van der Waals surface area (Å²) in [6.45, 7) is 1.28. The molecule has 1 aliphatic rings. The Morgan fingerprint density at radius 2 is 2.00 bits per heavy atom. The van der Waals surface area contributed by atoms with E-state index in [2.05, 4.69) is 0 Å². The van der Waals surface area contributed by atoms with Crippen LogP contribution in [-0.2, 0) is 7.05 Å². The van der Waals surface area contributed by atoms with Gasteiger partial charge in [0.2, 0.25) is 0 Å². The number of carbonyl (C=O) groups is 1. The normalized spacial score (nSPS) is 17.1. The molecule has 1 aliphatic heterocycles. The van der Waals surface area contributed by atoms with E-state index in [1.165, 1.54) is 0 Å². The van der Waals surface area contributed by atoms with Crippen molar-refractivity contribution >= 4 is 16.8 Å². The lowest BCUT2D eigenvalue weighted by atomic mass is 10.0. The second-order valence-corrected chi connectivity index (χ2v) is 5.19. The Balaban J connectivity index is 1.93. The average molecular weight is 258 g/mol. The van der Waals surface area contributed by atoms with Gasteiger partial charge in [-0.3, -0.25) is 4.79 Å². The highest BCUT2D eigenvalue weighted by molar-refractivity contribution is 6.06. The van der Waals surface area contributed by atoms with E-state index in [9.17, 15) is 9.90 Å². The number of hydrogen-bond donors (Lipinski definition) is 1.